The van der Waals surface area contributed by atoms with E-state index >= 15 is 0 Å². The number of nitriles is 1. The maximum atomic E-state index is 9.07. The van der Waals surface area contributed by atoms with Crippen LogP contribution in [0.5, 0.6) is 0 Å². The Morgan fingerprint density at radius 3 is 3.04 bits per heavy atom. The van der Waals surface area contributed by atoms with Crippen molar-refractivity contribution in [3.63, 3.8) is 0 Å². The smallest absolute Gasteiger partial charge is 0.100 e. The SMILES string of the molecule is N#Cc1ccc2c(c1)ncn2-c1ccc2[nH]cc(C[C@H]3CCCN3)c2c1. The number of H-pyrrole nitrogens is 1. The van der Waals surface area contributed by atoms with Crippen LogP contribution in [0.15, 0.2) is 48.9 Å². The summed E-state index contributed by atoms with van der Waals surface area (Å²) in [6, 6.07) is 14.9. The lowest BCUT2D eigenvalue weighted by Crippen LogP contribution is -2.23. The molecule has 1 atom stereocenters. The molecule has 1 fully saturated rings. The molecule has 5 heteroatoms. The van der Waals surface area contributed by atoms with Crippen LogP contribution in [0, 0.1) is 11.3 Å². The number of benzene rings is 2. The van der Waals surface area contributed by atoms with Crippen molar-refractivity contribution in [2.75, 3.05) is 6.54 Å². The molecule has 26 heavy (non-hydrogen) atoms. The van der Waals surface area contributed by atoms with Gasteiger partial charge >= 0.3 is 0 Å². The predicted octanol–water partition coefficient (Wildman–Crippen LogP) is 3.67. The van der Waals surface area contributed by atoms with Crippen molar-refractivity contribution in [1.29, 1.82) is 5.26 Å². The van der Waals surface area contributed by atoms with Crippen LogP contribution in [0.2, 0.25) is 0 Å². The number of nitrogens with zero attached hydrogens (tertiary/aromatic N) is 3. The molecule has 2 N–H and O–H groups in total. The number of rotatable bonds is 3. The Kier molecular flexibility index (Phi) is 3.51. The summed E-state index contributed by atoms with van der Waals surface area (Å²) in [4.78, 5) is 7.87. The van der Waals surface area contributed by atoms with Gasteiger partial charge in [0, 0.05) is 28.8 Å². The first-order valence-corrected chi connectivity index (χ1v) is 9.03. The predicted molar refractivity (Wildman–Crippen MR) is 102 cm³/mol. The minimum Gasteiger partial charge on any atom is -0.361 e. The number of aromatic nitrogens is 3. The van der Waals surface area contributed by atoms with Gasteiger partial charge in [-0.15, -0.1) is 0 Å². The van der Waals surface area contributed by atoms with Gasteiger partial charge in [0.1, 0.15) is 6.33 Å². The molecular weight excluding hydrogens is 322 g/mol. The van der Waals surface area contributed by atoms with Gasteiger partial charge in [-0.3, -0.25) is 4.57 Å². The summed E-state index contributed by atoms with van der Waals surface area (Å²) in [5.41, 5.74) is 6.10. The summed E-state index contributed by atoms with van der Waals surface area (Å²) < 4.78 is 2.08. The Balaban J connectivity index is 1.58. The van der Waals surface area contributed by atoms with Crippen molar-refractivity contribution in [2.45, 2.75) is 25.3 Å². The van der Waals surface area contributed by atoms with E-state index in [4.69, 9.17) is 5.26 Å². The van der Waals surface area contributed by atoms with Crippen molar-refractivity contribution >= 4 is 21.9 Å². The highest BCUT2D eigenvalue weighted by molar-refractivity contribution is 5.86. The lowest BCUT2D eigenvalue weighted by atomic mass is 10.0. The summed E-state index contributed by atoms with van der Waals surface area (Å²) in [7, 11) is 0. The minimum absolute atomic E-state index is 0.580. The minimum atomic E-state index is 0.580. The van der Waals surface area contributed by atoms with E-state index < -0.39 is 0 Å². The molecule has 0 bridgehead atoms. The highest BCUT2D eigenvalue weighted by Gasteiger charge is 2.17. The van der Waals surface area contributed by atoms with E-state index in [2.05, 4.69) is 50.3 Å². The van der Waals surface area contributed by atoms with Crippen molar-refractivity contribution < 1.29 is 0 Å². The number of aromatic amines is 1. The van der Waals surface area contributed by atoms with E-state index in [1.54, 1.807) is 0 Å². The molecule has 0 unspecified atom stereocenters. The zero-order valence-electron chi connectivity index (χ0n) is 14.4. The van der Waals surface area contributed by atoms with Crippen LogP contribution in [0.4, 0.5) is 0 Å². The average molecular weight is 341 g/mol. The molecule has 2 aromatic carbocycles. The van der Waals surface area contributed by atoms with Crippen molar-refractivity contribution in [1.82, 2.24) is 19.9 Å². The fourth-order valence-corrected chi connectivity index (χ4v) is 3.97. The van der Waals surface area contributed by atoms with Gasteiger partial charge in [0.25, 0.3) is 0 Å². The molecule has 5 nitrogen and oxygen atoms in total. The Morgan fingerprint density at radius 1 is 1.23 bits per heavy atom. The second-order valence-electron chi connectivity index (χ2n) is 6.97. The molecule has 1 aliphatic heterocycles. The fourth-order valence-electron chi connectivity index (χ4n) is 3.97. The molecule has 1 aliphatic rings. The van der Waals surface area contributed by atoms with Crippen molar-refractivity contribution in [3.05, 3.63) is 60.0 Å². The lowest BCUT2D eigenvalue weighted by molar-refractivity contribution is 0.605. The molecule has 0 aliphatic carbocycles. The van der Waals surface area contributed by atoms with E-state index in [0.717, 1.165) is 35.2 Å². The summed E-state index contributed by atoms with van der Waals surface area (Å²) in [6.07, 6.45) is 7.54. The molecule has 0 spiro atoms. The quantitative estimate of drug-likeness (QED) is 0.597. The Bertz CT molecular complexity index is 1140. The third-order valence-electron chi connectivity index (χ3n) is 5.33. The molecule has 1 saturated heterocycles. The Morgan fingerprint density at radius 2 is 2.19 bits per heavy atom. The average Bonchev–Trinajstić information content (AvgIpc) is 3.41. The summed E-state index contributed by atoms with van der Waals surface area (Å²) >= 11 is 0. The summed E-state index contributed by atoms with van der Waals surface area (Å²) in [6.45, 7) is 1.13. The fraction of sp³-hybridized carbons (Fsp3) is 0.238. The monoisotopic (exact) mass is 341 g/mol. The largest absolute Gasteiger partial charge is 0.361 e. The van der Waals surface area contributed by atoms with Crippen LogP contribution in [0.3, 0.4) is 0 Å². The van der Waals surface area contributed by atoms with Crippen LogP contribution >= 0.6 is 0 Å². The van der Waals surface area contributed by atoms with Gasteiger partial charge in [0.15, 0.2) is 0 Å². The van der Waals surface area contributed by atoms with Gasteiger partial charge in [0.2, 0.25) is 0 Å². The number of nitrogens with one attached hydrogen (secondary N) is 2. The van der Waals surface area contributed by atoms with E-state index in [1.807, 2.05) is 24.5 Å². The first kappa shape index (κ1) is 15.2. The normalized spacial score (nSPS) is 17.1. The van der Waals surface area contributed by atoms with Crippen molar-refractivity contribution in [2.24, 2.45) is 0 Å². The van der Waals surface area contributed by atoms with E-state index in [0.29, 0.717) is 11.6 Å². The zero-order valence-corrected chi connectivity index (χ0v) is 14.4. The molecular formula is C21H19N5. The number of hydrogen-bond donors (Lipinski definition) is 2. The third kappa shape index (κ3) is 2.47. The van der Waals surface area contributed by atoms with E-state index in [-0.39, 0.29) is 0 Å². The van der Waals surface area contributed by atoms with Crippen LogP contribution < -0.4 is 5.32 Å². The molecule has 128 valence electrons. The first-order valence-electron chi connectivity index (χ1n) is 9.03. The van der Waals surface area contributed by atoms with E-state index in [9.17, 15) is 0 Å². The Hall–Kier alpha value is -3.10. The molecule has 0 radical (unpaired) electrons. The molecule has 3 heterocycles. The van der Waals surface area contributed by atoms with Gasteiger partial charge in [-0.1, -0.05) is 0 Å². The highest BCUT2D eigenvalue weighted by Crippen LogP contribution is 2.26. The van der Waals surface area contributed by atoms with Gasteiger partial charge in [-0.05, 0) is 67.8 Å². The summed E-state index contributed by atoms with van der Waals surface area (Å²) in [5.74, 6) is 0. The molecule has 0 amide bonds. The maximum absolute atomic E-state index is 9.07. The molecule has 2 aromatic heterocycles. The molecule has 0 saturated carbocycles. The Labute approximate surface area is 151 Å². The third-order valence-corrected chi connectivity index (χ3v) is 5.33. The second kappa shape index (κ2) is 6.01. The van der Waals surface area contributed by atoms with Crippen LogP contribution in [0.25, 0.3) is 27.6 Å². The van der Waals surface area contributed by atoms with Crippen LogP contribution in [-0.2, 0) is 6.42 Å². The van der Waals surface area contributed by atoms with Gasteiger partial charge in [-0.25, -0.2) is 4.98 Å². The lowest BCUT2D eigenvalue weighted by Gasteiger charge is -2.10. The molecule has 4 aromatic rings. The van der Waals surface area contributed by atoms with Crippen LogP contribution in [0.1, 0.15) is 24.0 Å². The van der Waals surface area contributed by atoms with Crippen molar-refractivity contribution in [3.8, 4) is 11.8 Å². The number of hydrogen-bond acceptors (Lipinski definition) is 3. The number of fused-ring (bicyclic) bond motifs is 2. The second-order valence-corrected chi connectivity index (χ2v) is 6.97. The standard InChI is InChI=1S/C21H19N5/c22-11-14-3-6-21-20(8-14)25-13-26(21)17-4-5-19-18(10-17)15(12-24-19)9-16-2-1-7-23-16/h3-6,8,10,12-13,16,23-24H,1-2,7,9H2/t16-/m1/s1. The topological polar surface area (TPSA) is 69.4 Å². The zero-order chi connectivity index (χ0) is 17.5. The highest BCUT2D eigenvalue weighted by atomic mass is 15.0. The first-order chi connectivity index (χ1) is 12.8. The van der Waals surface area contributed by atoms with Crippen LogP contribution in [-0.4, -0.2) is 27.1 Å². The van der Waals surface area contributed by atoms with E-state index in [1.165, 1.54) is 23.8 Å². The maximum Gasteiger partial charge on any atom is 0.100 e. The summed E-state index contributed by atoms with van der Waals surface area (Å²) in [5, 5.41) is 13.9. The number of imidazole rings is 1. The van der Waals surface area contributed by atoms with Gasteiger partial charge in [-0.2, -0.15) is 5.26 Å². The van der Waals surface area contributed by atoms with Gasteiger partial charge in [0.05, 0.1) is 22.7 Å². The van der Waals surface area contributed by atoms with Gasteiger partial charge < -0.3 is 10.3 Å². The molecule has 5 rings (SSSR count).